The number of rotatable bonds is 4. The number of amides is 3. The van der Waals surface area contributed by atoms with Crippen molar-refractivity contribution in [3.63, 3.8) is 0 Å². The lowest BCUT2D eigenvalue weighted by molar-refractivity contribution is -0.131. The lowest BCUT2D eigenvalue weighted by atomic mass is 9.80. The predicted molar refractivity (Wildman–Crippen MR) is 124 cm³/mol. The van der Waals surface area contributed by atoms with Gasteiger partial charge in [-0.1, -0.05) is 11.6 Å². The standard InChI is InChI=1S/C24H22ClN3O3S/c1-14-12-18(15(2)28(14)17-7-5-16(25)6-8-17)20(29)13-27-22(30)24(26-23(27)31)10-3-4-21-19(24)9-11-32-21/h5-9,11-12H,3-4,10,13H2,1-2H3,(H,26,31)/t24-/m0/s1. The molecule has 2 aromatic heterocycles. The van der Waals surface area contributed by atoms with Crippen molar-refractivity contribution in [1.82, 2.24) is 14.8 Å². The van der Waals surface area contributed by atoms with Gasteiger partial charge < -0.3 is 9.88 Å². The maximum Gasteiger partial charge on any atom is 0.325 e. The van der Waals surface area contributed by atoms with Crippen LogP contribution in [0.1, 0.15) is 45.0 Å². The van der Waals surface area contributed by atoms with Crippen LogP contribution in [0, 0.1) is 13.8 Å². The van der Waals surface area contributed by atoms with E-state index in [1.165, 1.54) is 0 Å². The van der Waals surface area contributed by atoms with Gasteiger partial charge in [-0.3, -0.25) is 14.5 Å². The van der Waals surface area contributed by atoms with E-state index in [-0.39, 0.29) is 18.2 Å². The Bertz CT molecular complexity index is 1260. The minimum Gasteiger partial charge on any atom is -0.319 e. The Morgan fingerprint density at radius 3 is 2.69 bits per heavy atom. The summed E-state index contributed by atoms with van der Waals surface area (Å²) in [6.07, 6.45) is 2.29. The summed E-state index contributed by atoms with van der Waals surface area (Å²) in [6.45, 7) is 3.50. The summed E-state index contributed by atoms with van der Waals surface area (Å²) in [5.74, 6) is -0.595. The molecule has 0 saturated carbocycles. The minimum atomic E-state index is -1.04. The average Bonchev–Trinajstić information content (AvgIpc) is 3.42. The van der Waals surface area contributed by atoms with E-state index in [4.69, 9.17) is 11.6 Å². The van der Waals surface area contributed by atoms with Gasteiger partial charge in [-0.05, 0) is 74.9 Å². The first-order chi connectivity index (χ1) is 15.3. The smallest absolute Gasteiger partial charge is 0.319 e. The molecular formula is C24H22ClN3O3S. The maximum atomic E-state index is 13.4. The highest BCUT2D eigenvalue weighted by atomic mass is 35.5. The number of hydrogen-bond donors (Lipinski definition) is 1. The third-order valence-electron chi connectivity index (χ3n) is 6.45. The van der Waals surface area contributed by atoms with Gasteiger partial charge in [-0.15, -0.1) is 11.3 Å². The molecule has 1 aliphatic carbocycles. The van der Waals surface area contributed by atoms with E-state index in [1.54, 1.807) is 29.5 Å². The molecule has 164 valence electrons. The van der Waals surface area contributed by atoms with Gasteiger partial charge in [0.05, 0.1) is 6.54 Å². The van der Waals surface area contributed by atoms with Crippen molar-refractivity contribution < 1.29 is 14.4 Å². The summed E-state index contributed by atoms with van der Waals surface area (Å²) in [6, 6.07) is 10.6. The van der Waals surface area contributed by atoms with E-state index < -0.39 is 11.6 Å². The summed E-state index contributed by atoms with van der Waals surface area (Å²) < 4.78 is 1.97. The lowest BCUT2D eigenvalue weighted by Crippen LogP contribution is -2.46. The maximum absolute atomic E-state index is 13.4. The highest BCUT2D eigenvalue weighted by molar-refractivity contribution is 7.10. The number of halogens is 1. The highest BCUT2D eigenvalue weighted by Gasteiger charge is 2.54. The van der Waals surface area contributed by atoms with Crippen molar-refractivity contribution in [1.29, 1.82) is 0 Å². The number of aryl methyl sites for hydroxylation is 2. The van der Waals surface area contributed by atoms with Crippen LogP contribution in [0.3, 0.4) is 0 Å². The number of benzene rings is 1. The van der Waals surface area contributed by atoms with Crippen LogP contribution in [0.15, 0.2) is 41.8 Å². The molecule has 1 N–H and O–H groups in total. The van der Waals surface area contributed by atoms with Gasteiger partial charge in [0.15, 0.2) is 5.78 Å². The molecule has 8 heteroatoms. The first kappa shape index (κ1) is 21.0. The van der Waals surface area contributed by atoms with Crippen LogP contribution < -0.4 is 5.32 Å². The number of imide groups is 1. The Hall–Kier alpha value is -2.90. The molecule has 1 aromatic carbocycles. The van der Waals surface area contributed by atoms with Crippen molar-refractivity contribution in [3.8, 4) is 5.69 Å². The van der Waals surface area contributed by atoms with Gasteiger partial charge in [0, 0.05) is 38.1 Å². The van der Waals surface area contributed by atoms with E-state index in [1.807, 2.05) is 42.0 Å². The molecule has 1 atom stereocenters. The first-order valence-corrected chi connectivity index (χ1v) is 11.8. The Kier molecular flexibility index (Phi) is 4.98. The fourth-order valence-corrected chi connectivity index (χ4v) is 6.07. The largest absolute Gasteiger partial charge is 0.325 e. The van der Waals surface area contributed by atoms with Crippen molar-refractivity contribution in [2.45, 2.75) is 38.6 Å². The highest BCUT2D eigenvalue weighted by Crippen LogP contribution is 2.42. The van der Waals surface area contributed by atoms with Gasteiger partial charge in [-0.2, -0.15) is 0 Å². The fraction of sp³-hybridized carbons (Fsp3) is 0.292. The number of carbonyl (C=O) groups excluding carboxylic acids is 3. The van der Waals surface area contributed by atoms with Gasteiger partial charge in [0.2, 0.25) is 0 Å². The zero-order valence-electron chi connectivity index (χ0n) is 17.8. The van der Waals surface area contributed by atoms with E-state index in [9.17, 15) is 14.4 Å². The molecule has 3 heterocycles. The molecule has 3 aromatic rings. The molecule has 0 radical (unpaired) electrons. The molecule has 1 spiro atoms. The number of urea groups is 1. The quantitative estimate of drug-likeness (QED) is 0.443. The molecule has 2 aliphatic rings. The Morgan fingerprint density at radius 2 is 1.94 bits per heavy atom. The Labute approximate surface area is 194 Å². The number of fused-ring (bicyclic) bond motifs is 2. The SMILES string of the molecule is Cc1cc(C(=O)CN2C(=O)N[C@]3(CCCc4sccc43)C2=O)c(C)n1-c1ccc(Cl)cc1. The molecule has 0 unspecified atom stereocenters. The fourth-order valence-electron chi connectivity index (χ4n) is 4.95. The van der Waals surface area contributed by atoms with Gasteiger partial charge in [0.1, 0.15) is 5.54 Å². The number of thiophene rings is 1. The summed E-state index contributed by atoms with van der Waals surface area (Å²) in [5, 5.41) is 5.50. The number of carbonyl (C=O) groups is 3. The molecule has 0 bridgehead atoms. The van der Waals surface area contributed by atoms with Gasteiger partial charge in [0.25, 0.3) is 5.91 Å². The van der Waals surface area contributed by atoms with E-state index in [0.29, 0.717) is 17.0 Å². The molecule has 32 heavy (non-hydrogen) atoms. The third-order valence-corrected chi connectivity index (χ3v) is 7.69. The summed E-state index contributed by atoms with van der Waals surface area (Å²) in [5.41, 5.74) is 2.88. The monoisotopic (exact) mass is 467 g/mol. The predicted octanol–water partition coefficient (Wildman–Crippen LogP) is 4.78. The topological polar surface area (TPSA) is 71.4 Å². The number of Topliss-reactive ketones (excluding diaryl/α,β-unsaturated/α-hetero) is 1. The van der Waals surface area contributed by atoms with Crippen LogP contribution in [-0.2, 0) is 16.8 Å². The summed E-state index contributed by atoms with van der Waals surface area (Å²) in [7, 11) is 0. The zero-order chi connectivity index (χ0) is 22.6. The van der Waals surface area contributed by atoms with Crippen LogP contribution in [0.4, 0.5) is 4.79 Å². The average molecular weight is 468 g/mol. The van der Waals surface area contributed by atoms with E-state index >= 15 is 0 Å². The van der Waals surface area contributed by atoms with Gasteiger partial charge in [-0.25, -0.2) is 4.79 Å². The summed E-state index contributed by atoms with van der Waals surface area (Å²) in [4.78, 5) is 41.6. The van der Waals surface area contributed by atoms with Crippen LogP contribution in [0.5, 0.6) is 0 Å². The summed E-state index contributed by atoms with van der Waals surface area (Å²) >= 11 is 7.61. The lowest BCUT2D eigenvalue weighted by Gasteiger charge is -2.31. The molecule has 1 saturated heterocycles. The third kappa shape index (κ3) is 3.11. The second-order valence-corrected chi connectivity index (χ2v) is 9.79. The van der Waals surface area contributed by atoms with Crippen molar-refractivity contribution >= 4 is 40.7 Å². The van der Waals surface area contributed by atoms with E-state index in [2.05, 4.69) is 5.32 Å². The second kappa shape index (κ2) is 7.60. The molecular weight excluding hydrogens is 446 g/mol. The normalized spacial score (nSPS) is 20.0. The second-order valence-electron chi connectivity index (χ2n) is 8.36. The van der Waals surface area contributed by atoms with Crippen molar-refractivity contribution in [2.75, 3.05) is 6.54 Å². The van der Waals surface area contributed by atoms with Crippen LogP contribution in [0.25, 0.3) is 5.69 Å². The molecule has 1 aliphatic heterocycles. The van der Waals surface area contributed by atoms with Crippen LogP contribution in [-0.4, -0.2) is 33.7 Å². The number of nitrogens with zero attached hydrogens (tertiary/aromatic N) is 2. The van der Waals surface area contributed by atoms with Crippen molar-refractivity contribution in [2.24, 2.45) is 0 Å². The number of hydrogen-bond acceptors (Lipinski definition) is 4. The number of nitrogens with one attached hydrogen (secondary N) is 1. The first-order valence-electron chi connectivity index (χ1n) is 10.5. The zero-order valence-corrected chi connectivity index (χ0v) is 19.3. The molecule has 3 amide bonds. The molecule has 5 rings (SSSR count). The minimum absolute atomic E-state index is 0.264. The Morgan fingerprint density at radius 1 is 1.19 bits per heavy atom. The van der Waals surface area contributed by atoms with Gasteiger partial charge >= 0.3 is 6.03 Å². The van der Waals surface area contributed by atoms with Crippen molar-refractivity contribution in [3.05, 3.63) is 74.2 Å². The van der Waals surface area contributed by atoms with E-state index in [0.717, 1.165) is 45.3 Å². The number of ketones is 1. The molecule has 6 nitrogen and oxygen atoms in total. The Balaban J connectivity index is 1.43. The van der Waals surface area contributed by atoms with Crippen LogP contribution >= 0.6 is 22.9 Å². The van der Waals surface area contributed by atoms with Crippen LogP contribution in [0.2, 0.25) is 5.02 Å². The number of aromatic nitrogens is 1. The molecule has 1 fully saturated rings.